The summed E-state index contributed by atoms with van der Waals surface area (Å²) in [5.74, 6) is 0.819. The van der Waals surface area contributed by atoms with Crippen LogP contribution in [0.25, 0.3) is 0 Å². The summed E-state index contributed by atoms with van der Waals surface area (Å²) in [7, 11) is 2.74. The lowest BCUT2D eigenvalue weighted by Gasteiger charge is -2.24. The van der Waals surface area contributed by atoms with E-state index in [-0.39, 0.29) is 0 Å². The second kappa shape index (κ2) is 15.3. The molecule has 5 heteroatoms. The lowest BCUT2D eigenvalue weighted by atomic mass is 10.1. The zero-order valence-corrected chi connectivity index (χ0v) is 16.1. The number of rotatable bonds is 16. The van der Waals surface area contributed by atoms with E-state index in [1.807, 2.05) is 0 Å². The van der Waals surface area contributed by atoms with Gasteiger partial charge < -0.3 is 13.3 Å². The third kappa shape index (κ3) is 11.6. The minimum Gasteiger partial charge on any atom is -0.377 e. The largest absolute Gasteiger partial charge is 0.500 e. The van der Waals surface area contributed by atoms with E-state index in [2.05, 4.69) is 0 Å². The van der Waals surface area contributed by atoms with Crippen molar-refractivity contribution in [2.24, 2.45) is 0 Å². The van der Waals surface area contributed by atoms with E-state index in [4.69, 9.17) is 24.9 Å². The Morgan fingerprint density at radius 1 is 0.571 bits per heavy atom. The predicted octanol–water partition coefficient (Wildman–Crippen LogP) is 5.39. The van der Waals surface area contributed by atoms with Crippen LogP contribution in [-0.4, -0.2) is 36.0 Å². The van der Waals surface area contributed by atoms with Crippen molar-refractivity contribution in [2.45, 2.75) is 76.7 Å². The fourth-order valence-electron chi connectivity index (χ4n) is 2.58. The van der Waals surface area contributed by atoms with Gasteiger partial charge in [-0.2, -0.15) is 0 Å². The number of alkyl halides is 1. The van der Waals surface area contributed by atoms with E-state index in [9.17, 15) is 0 Å². The zero-order valence-electron chi connectivity index (χ0n) is 14.3. The van der Waals surface area contributed by atoms with Gasteiger partial charge in [0.05, 0.1) is 0 Å². The standard InChI is InChI=1S/C16H35ClO3Si/c1-18-21(19-2,20-3)16-14-12-10-8-6-4-5-7-9-11-13-15-17/h4-16H2,1-3H3. The maximum Gasteiger partial charge on any atom is 0.500 e. The Kier molecular flexibility index (Phi) is 15.6. The van der Waals surface area contributed by atoms with E-state index >= 15 is 0 Å². The molecule has 128 valence electrons. The van der Waals surface area contributed by atoms with Crippen molar-refractivity contribution in [3.63, 3.8) is 0 Å². The SMILES string of the molecule is CO[Si](CCCCCCCCCCCCCCl)(OC)OC. The summed E-state index contributed by atoms with van der Waals surface area (Å²) >= 11 is 5.66. The minimum absolute atomic E-state index is 0.819. The summed E-state index contributed by atoms with van der Waals surface area (Å²) < 4.78 is 16.3. The van der Waals surface area contributed by atoms with E-state index in [0.29, 0.717) is 0 Å². The molecule has 0 amide bonds. The van der Waals surface area contributed by atoms with E-state index in [1.54, 1.807) is 21.3 Å². The number of halogens is 1. The van der Waals surface area contributed by atoms with Gasteiger partial charge in [0.1, 0.15) is 0 Å². The molecule has 0 spiro atoms. The van der Waals surface area contributed by atoms with Gasteiger partial charge in [-0.3, -0.25) is 0 Å². The molecule has 0 aliphatic heterocycles. The van der Waals surface area contributed by atoms with Crippen molar-refractivity contribution in [3.05, 3.63) is 0 Å². The maximum atomic E-state index is 5.66. The molecule has 0 N–H and O–H groups in total. The Hall–Kier alpha value is 0.387. The van der Waals surface area contributed by atoms with Crippen molar-refractivity contribution in [2.75, 3.05) is 27.2 Å². The van der Waals surface area contributed by atoms with Gasteiger partial charge in [-0.1, -0.05) is 57.8 Å². The quantitative estimate of drug-likeness (QED) is 0.214. The average Bonchev–Trinajstić information content (AvgIpc) is 2.53. The molecule has 3 nitrogen and oxygen atoms in total. The van der Waals surface area contributed by atoms with E-state index in [1.165, 1.54) is 64.2 Å². The van der Waals surface area contributed by atoms with Crippen LogP contribution in [0, 0.1) is 0 Å². The van der Waals surface area contributed by atoms with Gasteiger partial charge in [-0.15, -0.1) is 11.6 Å². The molecule has 0 aromatic heterocycles. The Balaban J connectivity index is 3.29. The maximum absolute atomic E-state index is 5.66. The molecule has 0 saturated heterocycles. The van der Waals surface area contributed by atoms with Crippen molar-refractivity contribution in [1.82, 2.24) is 0 Å². The first-order chi connectivity index (χ1) is 10.2. The lowest BCUT2D eigenvalue weighted by Crippen LogP contribution is -2.42. The molecule has 0 aliphatic carbocycles. The number of hydrogen-bond donors (Lipinski definition) is 0. The molecule has 0 aromatic rings. The van der Waals surface area contributed by atoms with Crippen LogP contribution in [0.15, 0.2) is 0 Å². The Labute approximate surface area is 138 Å². The Morgan fingerprint density at radius 3 is 1.24 bits per heavy atom. The fraction of sp³-hybridized carbons (Fsp3) is 1.00. The molecule has 0 radical (unpaired) electrons. The molecule has 0 fully saturated rings. The van der Waals surface area contributed by atoms with Gasteiger partial charge in [0.25, 0.3) is 0 Å². The second-order valence-electron chi connectivity index (χ2n) is 5.62. The van der Waals surface area contributed by atoms with Crippen LogP contribution < -0.4 is 0 Å². The summed E-state index contributed by atoms with van der Waals surface area (Å²) in [5.41, 5.74) is 0. The van der Waals surface area contributed by atoms with Crippen LogP contribution >= 0.6 is 11.6 Å². The molecular formula is C16H35ClO3Si. The van der Waals surface area contributed by atoms with Gasteiger partial charge in [0, 0.05) is 33.3 Å². The number of hydrogen-bond acceptors (Lipinski definition) is 3. The van der Waals surface area contributed by atoms with Crippen molar-refractivity contribution >= 4 is 20.4 Å². The van der Waals surface area contributed by atoms with Crippen LogP contribution in [0.2, 0.25) is 6.04 Å². The van der Waals surface area contributed by atoms with Crippen molar-refractivity contribution in [1.29, 1.82) is 0 Å². The van der Waals surface area contributed by atoms with Crippen molar-refractivity contribution < 1.29 is 13.3 Å². The first-order valence-corrected chi connectivity index (χ1v) is 10.9. The molecule has 0 aromatic carbocycles. The summed E-state index contributed by atoms with van der Waals surface area (Å²) in [4.78, 5) is 0. The predicted molar refractivity (Wildman–Crippen MR) is 93.1 cm³/mol. The summed E-state index contributed by atoms with van der Waals surface area (Å²) in [6.45, 7) is 0. The molecule has 0 heterocycles. The van der Waals surface area contributed by atoms with Gasteiger partial charge in [-0.05, 0) is 12.8 Å². The molecule has 0 bridgehead atoms. The van der Waals surface area contributed by atoms with Gasteiger partial charge in [-0.25, -0.2) is 0 Å². The molecule has 0 saturated carbocycles. The fourth-order valence-corrected chi connectivity index (χ4v) is 4.57. The smallest absolute Gasteiger partial charge is 0.377 e. The van der Waals surface area contributed by atoms with Crippen LogP contribution in [0.5, 0.6) is 0 Å². The zero-order chi connectivity index (χ0) is 15.8. The highest BCUT2D eigenvalue weighted by Gasteiger charge is 2.36. The normalized spacial score (nSPS) is 12.0. The molecule has 0 rings (SSSR count). The summed E-state index contributed by atoms with van der Waals surface area (Å²) in [6, 6.07) is 0.928. The molecule has 0 aliphatic rings. The van der Waals surface area contributed by atoms with Gasteiger partial charge in [0.2, 0.25) is 0 Å². The highest BCUT2D eigenvalue weighted by molar-refractivity contribution is 6.60. The topological polar surface area (TPSA) is 27.7 Å². The van der Waals surface area contributed by atoms with Crippen LogP contribution in [-0.2, 0) is 13.3 Å². The average molecular weight is 339 g/mol. The van der Waals surface area contributed by atoms with Gasteiger partial charge >= 0.3 is 8.80 Å². The van der Waals surface area contributed by atoms with Crippen LogP contribution in [0.3, 0.4) is 0 Å². The molecular weight excluding hydrogens is 304 g/mol. The monoisotopic (exact) mass is 338 g/mol. The first kappa shape index (κ1) is 21.4. The van der Waals surface area contributed by atoms with Crippen LogP contribution in [0.1, 0.15) is 70.6 Å². The summed E-state index contributed by atoms with van der Waals surface area (Å²) in [5, 5.41) is 0. The highest BCUT2D eigenvalue weighted by Crippen LogP contribution is 2.18. The van der Waals surface area contributed by atoms with E-state index < -0.39 is 8.80 Å². The third-order valence-electron chi connectivity index (χ3n) is 4.05. The van der Waals surface area contributed by atoms with Crippen LogP contribution in [0.4, 0.5) is 0 Å². The first-order valence-electron chi connectivity index (χ1n) is 8.46. The second-order valence-corrected chi connectivity index (χ2v) is 9.09. The summed E-state index contributed by atoms with van der Waals surface area (Å²) in [6.07, 6.45) is 14.4. The third-order valence-corrected chi connectivity index (χ3v) is 7.15. The van der Waals surface area contributed by atoms with Gasteiger partial charge in [0.15, 0.2) is 0 Å². The molecule has 21 heavy (non-hydrogen) atoms. The Morgan fingerprint density at radius 2 is 0.905 bits per heavy atom. The Bertz CT molecular complexity index is 205. The van der Waals surface area contributed by atoms with Crippen molar-refractivity contribution in [3.8, 4) is 0 Å². The number of unbranched alkanes of at least 4 members (excludes halogenated alkanes) is 10. The van der Waals surface area contributed by atoms with E-state index in [0.717, 1.165) is 18.3 Å². The lowest BCUT2D eigenvalue weighted by molar-refractivity contribution is 0.122. The minimum atomic E-state index is -2.32. The molecule has 0 atom stereocenters. The highest BCUT2D eigenvalue weighted by atomic mass is 35.5. The molecule has 0 unspecified atom stereocenters.